The third-order valence-electron chi connectivity index (χ3n) is 7.04. The molecule has 1 fully saturated rings. The van der Waals surface area contributed by atoms with Gasteiger partial charge in [0.1, 0.15) is 0 Å². The molecule has 5 rings (SSSR count). The Bertz CT molecular complexity index is 1520. The summed E-state index contributed by atoms with van der Waals surface area (Å²) in [6.45, 7) is 5.07. The summed E-state index contributed by atoms with van der Waals surface area (Å²) in [7, 11) is 0. The number of hydrogen-bond donors (Lipinski definition) is 3. The highest BCUT2D eigenvalue weighted by Crippen LogP contribution is 2.31. The first kappa shape index (κ1) is 27.0. The van der Waals surface area contributed by atoms with Gasteiger partial charge < -0.3 is 25.2 Å². The number of aromatic nitrogens is 4. The number of fused-ring (bicyclic) bond motifs is 1. The molecule has 3 heterocycles. The number of carbonyl (C=O) groups excluding carboxylic acids is 1. The zero-order chi connectivity index (χ0) is 28.2. The maximum Gasteiger partial charge on any atom is 0.269 e. The summed E-state index contributed by atoms with van der Waals surface area (Å²) in [5.41, 5.74) is 2.82. The van der Waals surface area contributed by atoms with Crippen LogP contribution in [0.15, 0.2) is 54.9 Å². The maximum atomic E-state index is 12.8. The first-order chi connectivity index (χ1) is 19.3. The van der Waals surface area contributed by atoms with Crippen molar-refractivity contribution >= 4 is 45.9 Å². The molecule has 2 aromatic heterocycles. The molecule has 1 unspecified atom stereocenters. The Labute approximate surface area is 231 Å². The number of amides is 1. The van der Waals surface area contributed by atoms with Gasteiger partial charge in [0, 0.05) is 54.3 Å². The largest absolute Gasteiger partial charge is 0.396 e. The highest BCUT2D eigenvalue weighted by atomic mass is 16.6. The molecule has 0 spiro atoms. The van der Waals surface area contributed by atoms with Crippen LogP contribution in [0, 0.1) is 10.1 Å². The van der Waals surface area contributed by atoms with Crippen molar-refractivity contribution in [3.05, 3.63) is 70.5 Å². The molecule has 3 N–H and O–H groups in total. The Morgan fingerprint density at radius 1 is 1.15 bits per heavy atom. The van der Waals surface area contributed by atoms with Crippen LogP contribution in [0.2, 0.25) is 0 Å². The second-order valence-corrected chi connectivity index (χ2v) is 10.1. The quantitative estimate of drug-likeness (QED) is 0.194. The molecule has 2 aromatic carbocycles. The first-order valence-electron chi connectivity index (χ1n) is 13.4. The number of imidazole rings is 1. The van der Waals surface area contributed by atoms with Gasteiger partial charge >= 0.3 is 0 Å². The van der Waals surface area contributed by atoms with Gasteiger partial charge in [0.05, 0.1) is 11.3 Å². The van der Waals surface area contributed by atoms with Crippen LogP contribution in [0.25, 0.3) is 11.2 Å². The number of nitrogens with one attached hydrogen (secondary N) is 2. The van der Waals surface area contributed by atoms with E-state index in [1.54, 1.807) is 18.5 Å². The van der Waals surface area contributed by atoms with Gasteiger partial charge in [0.25, 0.3) is 11.6 Å². The predicted molar refractivity (Wildman–Crippen MR) is 153 cm³/mol. The van der Waals surface area contributed by atoms with Crippen molar-refractivity contribution in [2.24, 2.45) is 0 Å². The van der Waals surface area contributed by atoms with Crippen molar-refractivity contribution in [3.63, 3.8) is 0 Å². The van der Waals surface area contributed by atoms with Crippen LogP contribution in [0.1, 0.15) is 55.9 Å². The summed E-state index contributed by atoms with van der Waals surface area (Å²) in [6, 6.07) is 13.0. The van der Waals surface area contributed by atoms with Gasteiger partial charge in [-0.3, -0.25) is 14.9 Å². The third kappa shape index (κ3) is 5.71. The zero-order valence-electron chi connectivity index (χ0n) is 22.4. The van der Waals surface area contributed by atoms with Crippen LogP contribution < -0.4 is 15.5 Å². The fourth-order valence-corrected chi connectivity index (χ4v) is 4.96. The summed E-state index contributed by atoms with van der Waals surface area (Å²) in [5.74, 6) is 0.763. The molecule has 12 heteroatoms. The smallest absolute Gasteiger partial charge is 0.269 e. The molecule has 208 valence electrons. The van der Waals surface area contributed by atoms with Gasteiger partial charge in [0.2, 0.25) is 5.95 Å². The van der Waals surface area contributed by atoms with E-state index in [2.05, 4.69) is 34.4 Å². The lowest BCUT2D eigenvalue weighted by atomic mass is 10.0. The minimum atomic E-state index is -0.505. The summed E-state index contributed by atoms with van der Waals surface area (Å²) >= 11 is 0. The predicted octanol–water partition coefficient (Wildman–Crippen LogP) is 5.05. The van der Waals surface area contributed by atoms with E-state index in [1.807, 2.05) is 16.7 Å². The standard InChI is InChI=1S/C28H32N8O4/c1-18(2)35-17-29-24-25(32-28(33-26(24)35)34-14-4-3-8-22(34)13-15-37)30-20-6-5-7-21(16-20)31-27(38)19-9-11-23(12-10-19)36(39)40/h5-7,9-12,16-18,22,37H,3-4,8,13-15H2,1-2H3,(H,31,38)(H,30,32,33). The molecule has 1 saturated heterocycles. The van der Waals surface area contributed by atoms with Crippen LogP contribution in [-0.2, 0) is 0 Å². The molecule has 12 nitrogen and oxygen atoms in total. The fourth-order valence-electron chi connectivity index (χ4n) is 4.96. The summed E-state index contributed by atoms with van der Waals surface area (Å²) < 4.78 is 2.01. The number of nitrogens with zero attached hydrogens (tertiary/aromatic N) is 6. The number of rotatable bonds is 9. The van der Waals surface area contributed by atoms with Gasteiger partial charge in [-0.25, -0.2) is 4.98 Å². The highest BCUT2D eigenvalue weighted by Gasteiger charge is 2.26. The number of aliphatic hydroxyl groups excluding tert-OH is 1. The maximum absolute atomic E-state index is 12.8. The van der Waals surface area contributed by atoms with Gasteiger partial charge in [-0.05, 0) is 69.9 Å². The Morgan fingerprint density at radius 2 is 1.93 bits per heavy atom. The molecule has 4 aromatic rings. The number of carbonyl (C=O) groups is 1. The average Bonchev–Trinajstić information content (AvgIpc) is 3.39. The molecular formula is C28H32N8O4. The molecular weight excluding hydrogens is 512 g/mol. The Balaban J connectivity index is 1.44. The monoisotopic (exact) mass is 544 g/mol. The van der Waals surface area contributed by atoms with Crippen LogP contribution in [0.4, 0.5) is 28.8 Å². The van der Waals surface area contributed by atoms with E-state index < -0.39 is 4.92 Å². The van der Waals surface area contributed by atoms with Gasteiger partial charge in [-0.2, -0.15) is 9.97 Å². The third-order valence-corrected chi connectivity index (χ3v) is 7.04. The number of anilines is 4. The van der Waals surface area contributed by atoms with E-state index in [-0.39, 0.29) is 30.3 Å². The Kier molecular flexibility index (Phi) is 7.87. The number of aliphatic hydroxyl groups is 1. The fraction of sp³-hybridized carbons (Fsp3) is 0.357. The number of nitro benzene ring substituents is 1. The number of hydrogen-bond acceptors (Lipinski definition) is 9. The number of nitro groups is 1. The summed E-state index contributed by atoms with van der Waals surface area (Å²) in [6.07, 6.45) is 5.54. The van der Waals surface area contributed by atoms with Crippen LogP contribution >= 0.6 is 0 Å². The topological polar surface area (TPSA) is 151 Å². The van der Waals surface area contributed by atoms with Crippen LogP contribution in [-0.4, -0.2) is 54.6 Å². The lowest BCUT2D eigenvalue weighted by molar-refractivity contribution is -0.384. The van der Waals surface area contributed by atoms with Gasteiger partial charge in [-0.15, -0.1) is 0 Å². The van der Waals surface area contributed by atoms with E-state index in [0.717, 1.165) is 31.5 Å². The van der Waals surface area contributed by atoms with Crippen molar-refractivity contribution in [1.29, 1.82) is 0 Å². The van der Waals surface area contributed by atoms with E-state index in [1.165, 1.54) is 24.3 Å². The normalized spacial score (nSPS) is 15.4. The minimum Gasteiger partial charge on any atom is -0.396 e. The molecule has 40 heavy (non-hydrogen) atoms. The number of non-ortho nitro benzene ring substituents is 1. The SMILES string of the molecule is CC(C)n1cnc2c(Nc3cccc(NC(=O)c4ccc([N+](=O)[O-])cc4)c3)nc(N3CCCCC3CCO)nc21. The van der Waals surface area contributed by atoms with E-state index in [9.17, 15) is 20.0 Å². The Morgan fingerprint density at radius 3 is 2.65 bits per heavy atom. The van der Waals surface area contributed by atoms with E-state index in [0.29, 0.717) is 40.6 Å². The Hall–Kier alpha value is -4.58. The van der Waals surface area contributed by atoms with Crippen LogP contribution in [0.5, 0.6) is 0 Å². The zero-order valence-corrected chi connectivity index (χ0v) is 22.4. The van der Waals surface area contributed by atoms with Crippen LogP contribution in [0.3, 0.4) is 0 Å². The molecule has 1 amide bonds. The van der Waals surface area contributed by atoms with Crippen molar-refractivity contribution in [2.45, 2.75) is 51.6 Å². The molecule has 0 aliphatic carbocycles. The molecule has 1 atom stereocenters. The van der Waals surface area contributed by atoms with E-state index in [4.69, 9.17) is 9.97 Å². The lowest BCUT2D eigenvalue weighted by Crippen LogP contribution is -2.41. The number of benzene rings is 2. The van der Waals surface area contributed by atoms with Crippen molar-refractivity contribution in [2.75, 3.05) is 28.7 Å². The minimum absolute atomic E-state index is 0.0783. The lowest BCUT2D eigenvalue weighted by Gasteiger charge is -2.35. The van der Waals surface area contributed by atoms with Gasteiger partial charge in [-0.1, -0.05) is 6.07 Å². The second-order valence-electron chi connectivity index (χ2n) is 10.1. The highest BCUT2D eigenvalue weighted by molar-refractivity contribution is 6.04. The first-order valence-corrected chi connectivity index (χ1v) is 13.4. The number of piperidine rings is 1. The van der Waals surface area contributed by atoms with Crippen molar-refractivity contribution in [1.82, 2.24) is 19.5 Å². The molecule has 0 saturated carbocycles. The summed E-state index contributed by atoms with van der Waals surface area (Å²) in [5, 5.41) is 26.7. The van der Waals surface area contributed by atoms with Crippen molar-refractivity contribution in [3.8, 4) is 0 Å². The molecule has 1 aliphatic rings. The van der Waals surface area contributed by atoms with Crippen molar-refractivity contribution < 1.29 is 14.8 Å². The van der Waals surface area contributed by atoms with E-state index >= 15 is 0 Å². The summed E-state index contributed by atoms with van der Waals surface area (Å²) in [4.78, 5) is 39.7. The van der Waals surface area contributed by atoms with Gasteiger partial charge in [0.15, 0.2) is 17.0 Å². The second kappa shape index (κ2) is 11.7. The molecule has 0 bridgehead atoms. The molecule has 1 aliphatic heterocycles. The molecule has 0 radical (unpaired) electrons. The average molecular weight is 545 g/mol.